The van der Waals surface area contributed by atoms with Crippen molar-refractivity contribution in [2.45, 2.75) is 18.9 Å². The molecule has 0 unspecified atom stereocenters. The van der Waals surface area contributed by atoms with Crippen molar-refractivity contribution in [1.82, 2.24) is 19.5 Å². The highest BCUT2D eigenvalue weighted by molar-refractivity contribution is 5.77. The highest BCUT2D eigenvalue weighted by Crippen LogP contribution is 2.33. The summed E-state index contributed by atoms with van der Waals surface area (Å²) in [7, 11) is 0. The van der Waals surface area contributed by atoms with Crippen LogP contribution in [0, 0.1) is 17.5 Å². The average Bonchev–Trinajstić information content (AvgIpc) is 3.15. The molecule has 2 aromatic heterocycles. The van der Waals surface area contributed by atoms with E-state index < -0.39 is 23.1 Å². The number of ether oxygens (including phenoxy) is 1. The van der Waals surface area contributed by atoms with Crippen LogP contribution in [-0.2, 0) is 4.74 Å². The van der Waals surface area contributed by atoms with E-state index in [4.69, 9.17) is 10.5 Å². The van der Waals surface area contributed by atoms with Gasteiger partial charge in [0.2, 0.25) is 11.9 Å². The molecule has 33 heavy (non-hydrogen) atoms. The molecule has 2 aromatic carbocycles. The summed E-state index contributed by atoms with van der Waals surface area (Å²) in [5, 5.41) is 5.80. The topological polar surface area (TPSA) is 103 Å². The van der Waals surface area contributed by atoms with Crippen LogP contribution in [0.5, 0.6) is 0 Å². The van der Waals surface area contributed by atoms with Gasteiger partial charge in [-0.1, -0.05) is 0 Å². The van der Waals surface area contributed by atoms with Crippen molar-refractivity contribution in [3.05, 3.63) is 60.0 Å². The lowest BCUT2D eigenvalue weighted by Gasteiger charge is -2.25. The van der Waals surface area contributed by atoms with E-state index in [2.05, 4.69) is 25.6 Å². The standard InChI is InChI=1S/C22H20F3N7O/c23-12-9-16(24)19(17(25)10-12)30-22-29-18-11-27-21(28-14-3-1-13(26)2-4-14)31-20(18)32(22)15-5-7-33-8-6-15/h1-4,9-11,15H,5-8,26H2,(H,29,30)(H,27,28,31). The average molecular weight is 455 g/mol. The number of imidazole rings is 1. The van der Waals surface area contributed by atoms with Gasteiger partial charge in [-0.05, 0) is 37.1 Å². The lowest BCUT2D eigenvalue weighted by atomic mass is 10.1. The number of fused-ring (bicyclic) bond motifs is 1. The molecular formula is C22H20F3N7O. The van der Waals surface area contributed by atoms with Crippen LogP contribution in [0.2, 0.25) is 0 Å². The van der Waals surface area contributed by atoms with E-state index in [1.807, 2.05) is 0 Å². The molecule has 8 nitrogen and oxygen atoms in total. The maximum Gasteiger partial charge on any atom is 0.229 e. The summed E-state index contributed by atoms with van der Waals surface area (Å²) >= 11 is 0. The molecule has 0 aliphatic carbocycles. The first-order valence-corrected chi connectivity index (χ1v) is 10.3. The number of hydrogen-bond acceptors (Lipinski definition) is 7. The molecular weight excluding hydrogens is 435 g/mol. The van der Waals surface area contributed by atoms with Gasteiger partial charge in [-0.3, -0.25) is 4.57 Å². The number of halogens is 3. The molecule has 4 N–H and O–H groups in total. The molecule has 4 aromatic rings. The highest BCUT2D eigenvalue weighted by Gasteiger charge is 2.25. The van der Waals surface area contributed by atoms with E-state index in [0.717, 1.165) is 5.69 Å². The van der Waals surface area contributed by atoms with Crippen molar-refractivity contribution in [2.24, 2.45) is 0 Å². The molecule has 0 amide bonds. The number of nitrogen functional groups attached to an aromatic ring is 1. The predicted octanol–water partition coefficient (Wildman–Crippen LogP) is 4.66. The van der Waals surface area contributed by atoms with Crippen molar-refractivity contribution >= 4 is 40.1 Å². The minimum Gasteiger partial charge on any atom is -0.399 e. The van der Waals surface area contributed by atoms with Gasteiger partial charge in [0.25, 0.3) is 0 Å². The lowest BCUT2D eigenvalue weighted by molar-refractivity contribution is 0.0710. The van der Waals surface area contributed by atoms with E-state index >= 15 is 0 Å². The van der Waals surface area contributed by atoms with Crippen LogP contribution >= 0.6 is 0 Å². The van der Waals surface area contributed by atoms with Gasteiger partial charge >= 0.3 is 0 Å². The molecule has 11 heteroatoms. The molecule has 0 radical (unpaired) electrons. The Hall–Kier alpha value is -3.86. The third-order valence-corrected chi connectivity index (χ3v) is 5.40. The van der Waals surface area contributed by atoms with Crippen molar-refractivity contribution in [1.29, 1.82) is 0 Å². The zero-order chi connectivity index (χ0) is 22.9. The first-order chi connectivity index (χ1) is 16.0. The number of nitrogens with two attached hydrogens (primary N) is 1. The quantitative estimate of drug-likeness (QED) is 0.376. The van der Waals surface area contributed by atoms with Gasteiger partial charge in [-0.2, -0.15) is 4.98 Å². The van der Waals surface area contributed by atoms with Crippen molar-refractivity contribution < 1.29 is 17.9 Å². The van der Waals surface area contributed by atoms with Crippen molar-refractivity contribution in [3.63, 3.8) is 0 Å². The zero-order valence-electron chi connectivity index (χ0n) is 17.4. The Morgan fingerprint density at radius 3 is 2.36 bits per heavy atom. The van der Waals surface area contributed by atoms with Crippen molar-refractivity contribution in [2.75, 3.05) is 29.6 Å². The highest BCUT2D eigenvalue weighted by atomic mass is 19.1. The monoisotopic (exact) mass is 455 g/mol. The van der Waals surface area contributed by atoms with Gasteiger partial charge in [-0.15, -0.1) is 0 Å². The fraction of sp³-hybridized carbons (Fsp3) is 0.227. The maximum atomic E-state index is 14.3. The molecule has 0 atom stereocenters. The molecule has 5 rings (SSSR count). The molecule has 0 saturated carbocycles. The SMILES string of the molecule is Nc1ccc(Nc2ncc3nc(Nc4c(F)cc(F)cc4F)n(C4CCOCC4)c3n2)cc1. The van der Waals surface area contributed by atoms with Gasteiger partial charge in [0.05, 0.1) is 6.20 Å². The molecule has 1 aliphatic heterocycles. The Bertz CT molecular complexity index is 1280. The fourth-order valence-corrected chi connectivity index (χ4v) is 3.80. The predicted molar refractivity (Wildman–Crippen MR) is 118 cm³/mol. The Kier molecular flexibility index (Phi) is 5.47. The van der Waals surface area contributed by atoms with E-state index in [1.54, 1.807) is 28.8 Å². The number of nitrogens with one attached hydrogen (secondary N) is 2. The smallest absolute Gasteiger partial charge is 0.229 e. The van der Waals surface area contributed by atoms with Gasteiger partial charge in [0.15, 0.2) is 17.3 Å². The van der Waals surface area contributed by atoms with Crippen LogP contribution in [0.15, 0.2) is 42.6 Å². The number of rotatable bonds is 5. The van der Waals surface area contributed by atoms with E-state index in [0.29, 0.717) is 61.0 Å². The molecule has 1 aliphatic rings. The number of benzene rings is 2. The van der Waals surface area contributed by atoms with Gasteiger partial charge < -0.3 is 21.1 Å². The van der Waals surface area contributed by atoms with Crippen LogP contribution in [-0.4, -0.2) is 32.7 Å². The Morgan fingerprint density at radius 1 is 0.970 bits per heavy atom. The summed E-state index contributed by atoms with van der Waals surface area (Å²) in [5.41, 5.74) is 7.54. The molecule has 3 heterocycles. The summed E-state index contributed by atoms with van der Waals surface area (Å²) < 4.78 is 49.2. The van der Waals surface area contributed by atoms with E-state index in [9.17, 15) is 13.2 Å². The fourth-order valence-electron chi connectivity index (χ4n) is 3.80. The largest absolute Gasteiger partial charge is 0.399 e. The normalized spacial score (nSPS) is 14.5. The number of anilines is 5. The van der Waals surface area contributed by atoms with Crippen LogP contribution in [0.3, 0.4) is 0 Å². The summed E-state index contributed by atoms with van der Waals surface area (Å²) in [4.78, 5) is 13.4. The molecule has 1 saturated heterocycles. The second kappa shape index (κ2) is 8.58. The number of aromatic nitrogens is 4. The second-order valence-electron chi connectivity index (χ2n) is 7.67. The first kappa shape index (κ1) is 21.0. The Morgan fingerprint density at radius 2 is 1.67 bits per heavy atom. The van der Waals surface area contributed by atoms with Gasteiger partial charge in [-0.25, -0.2) is 23.1 Å². The van der Waals surface area contributed by atoms with Gasteiger partial charge in [0, 0.05) is 42.8 Å². The molecule has 1 fully saturated rings. The number of hydrogen-bond donors (Lipinski definition) is 3. The molecule has 0 spiro atoms. The Balaban J connectivity index is 1.57. The third-order valence-electron chi connectivity index (χ3n) is 5.40. The number of nitrogens with zero attached hydrogens (tertiary/aromatic N) is 4. The van der Waals surface area contributed by atoms with E-state index in [-0.39, 0.29) is 12.0 Å². The van der Waals surface area contributed by atoms with Crippen LogP contribution in [0.1, 0.15) is 18.9 Å². The third kappa shape index (κ3) is 4.27. The van der Waals surface area contributed by atoms with E-state index in [1.165, 1.54) is 6.20 Å². The minimum atomic E-state index is -1.06. The molecule has 0 bridgehead atoms. The first-order valence-electron chi connectivity index (χ1n) is 10.3. The second-order valence-corrected chi connectivity index (χ2v) is 7.67. The summed E-state index contributed by atoms with van der Waals surface area (Å²) in [6.07, 6.45) is 2.86. The van der Waals surface area contributed by atoms with Crippen LogP contribution in [0.4, 0.5) is 42.1 Å². The lowest BCUT2D eigenvalue weighted by Crippen LogP contribution is -2.21. The maximum absolute atomic E-state index is 14.3. The summed E-state index contributed by atoms with van der Waals surface area (Å²) in [5.74, 6) is -2.62. The van der Waals surface area contributed by atoms with Gasteiger partial charge in [0.1, 0.15) is 17.0 Å². The Labute approximate surface area is 186 Å². The summed E-state index contributed by atoms with van der Waals surface area (Å²) in [6.45, 7) is 1.06. The minimum absolute atomic E-state index is 0.0721. The molecule has 170 valence electrons. The zero-order valence-corrected chi connectivity index (χ0v) is 17.4. The summed E-state index contributed by atoms with van der Waals surface area (Å²) in [6, 6.07) is 8.25. The van der Waals surface area contributed by atoms with Crippen molar-refractivity contribution in [3.8, 4) is 0 Å². The van der Waals surface area contributed by atoms with Crippen LogP contribution < -0.4 is 16.4 Å². The van der Waals surface area contributed by atoms with Crippen LogP contribution in [0.25, 0.3) is 11.2 Å².